The van der Waals surface area contributed by atoms with Gasteiger partial charge in [0.25, 0.3) is 0 Å². The highest BCUT2D eigenvalue weighted by atomic mass is 16.5. The Labute approximate surface area is 95.2 Å². The van der Waals surface area contributed by atoms with E-state index in [0.717, 1.165) is 5.56 Å². The topological polar surface area (TPSA) is 58.6 Å². The summed E-state index contributed by atoms with van der Waals surface area (Å²) >= 11 is 0. The van der Waals surface area contributed by atoms with E-state index in [4.69, 9.17) is 5.11 Å². The van der Waals surface area contributed by atoms with E-state index in [1.807, 2.05) is 19.1 Å². The molecule has 0 aliphatic heterocycles. The predicted molar refractivity (Wildman–Crippen MR) is 61.2 cm³/mol. The van der Waals surface area contributed by atoms with Crippen LogP contribution in [0.3, 0.4) is 0 Å². The first-order chi connectivity index (χ1) is 7.67. The van der Waals surface area contributed by atoms with Crippen LogP contribution < -0.4 is 5.32 Å². The van der Waals surface area contributed by atoms with Gasteiger partial charge in [-0.05, 0) is 24.6 Å². The van der Waals surface area contributed by atoms with Crippen LogP contribution in [0.1, 0.15) is 22.8 Å². The zero-order valence-corrected chi connectivity index (χ0v) is 9.56. The quantitative estimate of drug-likeness (QED) is 0.729. The van der Waals surface area contributed by atoms with Crippen LogP contribution in [-0.2, 0) is 11.3 Å². The molecule has 0 bridgehead atoms. The Morgan fingerprint density at radius 3 is 2.56 bits per heavy atom. The normalized spacial score (nSPS) is 12.2. The molecule has 88 valence electrons. The second-order valence-corrected chi connectivity index (χ2v) is 3.65. The van der Waals surface area contributed by atoms with Gasteiger partial charge in [-0.25, -0.2) is 4.79 Å². The monoisotopic (exact) mass is 223 g/mol. The number of carbonyl (C=O) groups excluding carboxylic acids is 1. The van der Waals surface area contributed by atoms with Gasteiger partial charge in [0.05, 0.1) is 19.3 Å². The van der Waals surface area contributed by atoms with Crippen LogP contribution >= 0.6 is 0 Å². The number of ether oxygens (including phenoxy) is 1. The van der Waals surface area contributed by atoms with Crippen LogP contribution in [0.15, 0.2) is 24.3 Å². The molecule has 0 radical (unpaired) electrons. The third-order valence-corrected chi connectivity index (χ3v) is 2.30. The fourth-order valence-electron chi connectivity index (χ4n) is 1.23. The van der Waals surface area contributed by atoms with Crippen molar-refractivity contribution in [2.45, 2.75) is 19.5 Å². The minimum absolute atomic E-state index is 0.0697. The van der Waals surface area contributed by atoms with Crippen molar-refractivity contribution in [2.24, 2.45) is 0 Å². The fourth-order valence-corrected chi connectivity index (χ4v) is 1.23. The average molecular weight is 223 g/mol. The lowest BCUT2D eigenvalue weighted by atomic mass is 10.1. The summed E-state index contributed by atoms with van der Waals surface area (Å²) in [6, 6.07) is 7.26. The molecule has 0 aliphatic carbocycles. The van der Waals surface area contributed by atoms with Crippen molar-refractivity contribution in [3.05, 3.63) is 35.4 Å². The second-order valence-electron chi connectivity index (χ2n) is 3.65. The third kappa shape index (κ3) is 3.64. The molecule has 0 heterocycles. The molecule has 16 heavy (non-hydrogen) atoms. The van der Waals surface area contributed by atoms with E-state index in [-0.39, 0.29) is 18.6 Å². The van der Waals surface area contributed by atoms with E-state index in [9.17, 15) is 4.79 Å². The minimum Gasteiger partial charge on any atom is -0.465 e. The summed E-state index contributed by atoms with van der Waals surface area (Å²) in [6.45, 7) is 2.69. The lowest BCUT2D eigenvalue weighted by molar-refractivity contribution is 0.0600. The van der Waals surface area contributed by atoms with Gasteiger partial charge in [-0.3, -0.25) is 0 Å². The maximum Gasteiger partial charge on any atom is 0.337 e. The van der Waals surface area contributed by atoms with Crippen molar-refractivity contribution < 1.29 is 14.6 Å². The highest BCUT2D eigenvalue weighted by Crippen LogP contribution is 2.05. The fraction of sp³-hybridized carbons (Fsp3) is 0.417. The molecule has 0 spiro atoms. The number of methoxy groups -OCH3 is 1. The molecule has 0 fully saturated rings. The van der Waals surface area contributed by atoms with Gasteiger partial charge in [0.2, 0.25) is 0 Å². The van der Waals surface area contributed by atoms with Crippen LogP contribution in [0.4, 0.5) is 0 Å². The largest absolute Gasteiger partial charge is 0.465 e. The first-order valence-electron chi connectivity index (χ1n) is 5.19. The van der Waals surface area contributed by atoms with Crippen molar-refractivity contribution in [3.8, 4) is 0 Å². The molecule has 0 amide bonds. The van der Waals surface area contributed by atoms with Gasteiger partial charge in [-0.1, -0.05) is 12.1 Å². The summed E-state index contributed by atoms with van der Waals surface area (Å²) in [5, 5.41) is 12.0. The van der Waals surface area contributed by atoms with Gasteiger partial charge in [0.1, 0.15) is 0 Å². The van der Waals surface area contributed by atoms with Crippen molar-refractivity contribution in [1.29, 1.82) is 0 Å². The summed E-state index contributed by atoms with van der Waals surface area (Å²) in [5.74, 6) is -0.330. The van der Waals surface area contributed by atoms with E-state index >= 15 is 0 Å². The SMILES string of the molecule is COC(=O)c1ccc(CN[C@@H](C)CO)cc1. The molecular formula is C12H17NO3. The summed E-state index contributed by atoms with van der Waals surface area (Å²) in [4.78, 5) is 11.2. The van der Waals surface area contributed by atoms with Gasteiger partial charge in [-0.15, -0.1) is 0 Å². The molecule has 4 nitrogen and oxygen atoms in total. The highest BCUT2D eigenvalue weighted by molar-refractivity contribution is 5.89. The molecule has 0 aromatic heterocycles. The van der Waals surface area contributed by atoms with E-state index in [1.165, 1.54) is 7.11 Å². The van der Waals surface area contributed by atoms with Gasteiger partial charge in [0, 0.05) is 12.6 Å². The van der Waals surface area contributed by atoms with E-state index in [0.29, 0.717) is 12.1 Å². The number of aliphatic hydroxyl groups excluding tert-OH is 1. The Kier molecular flexibility index (Phi) is 4.95. The van der Waals surface area contributed by atoms with Gasteiger partial charge in [-0.2, -0.15) is 0 Å². The number of benzene rings is 1. The molecular weight excluding hydrogens is 206 g/mol. The summed E-state index contributed by atoms with van der Waals surface area (Å²) in [7, 11) is 1.36. The van der Waals surface area contributed by atoms with Gasteiger partial charge < -0.3 is 15.2 Å². The third-order valence-electron chi connectivity index (χ3n) is 2.30. The van der Waals surface area contributed by atoms with Gasteiger partial charge >= 0.3 is 5.97 Å². The Balaban J connectivity index is 2.54. The maximum absolute atomic E-state index is 11.2. The Bertz CT molecular complexity index is 335. The number of hydrogen-bond acceptors (Lipinski definition) is 4. The van der Waals surface area contributed by atoms with Crippen LogP contribution in [-0.4, -0.2) is 30.8 Å². The summed E-state index contributed by atoms with van der Waals surface area (Å²) in [5.41, 5.74) is 1.61. The molecule has 2 N–H and O–H groups in total. The molecule has 0 saturated carbocycles. The first kappa shape index (κ1) is 12.7. The Morgan fingerprint density at radius 2 is 2.06 bits per heavy atom. The molecule has 0 unspecified atom stereocenters. The van der Waals surface area contributed by atoms with Crippen LogP contribution in [0.2, 0.25) is 0 Å². The Hall–Kier alpha value is -1.39. The number of carbonyl (C=O) groups is 1. The Morgan fingerprint density at radius 1 is 1.44 bits per heavy atom. The average Bonchev–Trinajstić information content (AvgIpc) is 2.35. The molecule has 4 heteroatoms. The predicted octanol–water partition coefficient (Wildman–Crippen LogP) is 0.944. The van der Waals surface area contributed by atoms with Crippen LogP contribution in [0.5, 0.6) is 0 Å². The zero-order chi connectivity index (χ0) is 12.0. The van der Waals surface area contributed by atoms with Gasteiger partial charge in [0.15, 0.2) is 0 Å². The number of esters is 1. The molecule has 0 saturated heterocycles. The minimum atomic E-state index is -0.330. The van der Waals surface area contributed by atoms with E-state index in [2.05, 4.69) is 10.1 Å². The summed E-state index contributed by atoms with van der Waals surface area (Å²) in [6.07, 6.45) is 0. The standard InChI is InChI=1S/C12H17NO3/c1-9(8-14)13-7-10-3-5-11(6-4-10)12(15)16-2/h3-6,9,13-14H,7-8H2,1-2H3/t9-/m0/s1. The number of rotatable bonds is 5. The second kappa shape index (κ2) is 6.25. The number of aliphatic hydroxyl groups is 1. The van der Waals surface area contributed by atoms with Crippen LogP contribution in [0.25, 0.3) is 0 Å². The lowest BCUT2D eigenvalue weighted by Gasteiger charge is -2.10. The smallest absolute Gasteiger partial charge is 0.337 e. The number of nitrogens with one attached hydrogen (secondary N) is 1. The van der Waals surface area contributed by atoms with E-state index in [1.54, 1.807) is 12.1 Å². The van der Waals surface area contributed by atoms with Crippen molar-refractivity contribution in [2.75, 3.05) is 13.7 Å². The first-order valence-corrected chi connectivity index (χ1v) is 5.19. The molecule has 1 aromatic carbocycles. The maximum atomic E-state index is 11.2. The lowest BCUT2D eigenvalue weighted by Crippen LogP contribution is -2.28. The molecule has 1 aromatic rings. The van der Waals surface area contributed by atoms with Crippen LogP contribution in [0, 0.1) is 0 Å². The van der Waals surface area contributed by atoms with E-state index < -0.39 is 0 Å². The summed E-state index contributed by atoms with van der Waals surface area (Å²) < 4.78 is 4.60. The van der Waals surface area contributed by atoms with Crippen molar-refractivity contribution in [3.63, 3.8) is 0 Å². The van der Waals surface area contributed by atoms with Crippen molar-refractivity contribution in [1.82, 2.24) is 5.32 Å². The van der Waals surface area contributed by atoms with Crippen molar-refractivity contribution >= 4 is 5.97 Å². The highest BCUT2D eigenvalue weighted by Gasteiger charge is 2.04. The molecule has 1 atom stereocenters. The molecule has 1 rings (SSSR count). The molecule has 0 aliphatic rings. The number of hydrogen-bond donors (Lipinski definition) is 2. The zero-order valence-electron chi connectivity index (χ0n) is 9.56.